The lowest BCUT2D eigenvalue weighted by molar-refractivity contribution is 0.0699. The lowest BCUT2D eigenvalue weighted by Crippen LogP contribution is -2.07. The molecule has 4 nitrogen and oxygen atoms in total. The monoisotopic (exact) mass is 404 g/mol. The second kappa shape index (κ2) is 7.55. The molecular weight excluding hydrogens is 386 g/mol. The topological polar surface area (TPSA) is 53.4 Å². The average Bonchev–Trinajstić information content (AvgIpc) is 2.73. The smallest absolute Gasteiger partial charge is 0.336 e. The van der Waals surface area contributed by atoms with Gasteiger partial charge in [0.15, 0.2) is 0 Å². The third-order valence-electron chi connectivity index (χ3n) is 4.96. The number of benzene rings is 3. The van der Waals surface area contributed by atoms with Crippen molar-refractivity contribution >= 4 is 22.6 Å². The average molecular weight is 404 g/mol. The minimum atomic E-state index is -1.20. The molecule has 0 fully saturated rings. The van der Waals surface area contributed by atoms with Crippen molar-refractivity contribution in [2.75, 3.05) is 19.0 Å². The zero-order valence-corrected chi connectivity index (χ0v) is 16.4. The Kier molecular flexibility index (Phi) is 4.91. The molecule has 0 atom stereocenters. The molecule has 4 aromatic rings. The molecule has 0 radical (unpaired) electrons. The van der Waals surface area contributed by atoms with Crippen LogP contribution in [0.3, 0.4) is 0 Å². The van der Waals surface area contributed by atoms with Crippen molar-refractivity contribution in [1.82, 2.24) is 4.98 Å². The number of carboxylic acids is 1. The van der Waals surface area contributed by atoms with Gasteiger partial charge in [-0.1, -0.05) is 24.3 Å². The van der Waals surface area contributed by atoms with E-state index in [1.165, 1.54) is 24.3 Å². The van der Waals surface area contributed by atoms with Gasteiger partial charge in [-0.25, -0.2) is 18.6 Å². The highest BCUT2D eigenvalue weighted by atomic mass is 19.1. The standard InChI is InChI=1S/C24H18F2N2O2/c1-28(2)17-7-3-14(4-8-17)18-9-5-15(11-21(18)26)23-13-20(24(29)30)19-12-16(25)6-10-22(19)27-23/h3-13H,1-2H3,(H,29,30). The van der Waals surface area contributed by atoms with Gasteiger partial charge >= 0.3 is 5.97 Å². The van der Waals surface area contributed by atoms with Gasteiger partial charge < -0.3 is 10.0 Å². The highest BCUT2D eigenvalue weighted by Crippen LogP contribution is 2.30. The van der Waals surface area contributed by atoms with E-state index in [9.17, 15) is 18.7 Å². The van der Waals surface area contributed by atoms with Crippen molar-refractivity contribution in [2.24, 2.45) is 0 Å². The van der Waals surface area contributed by atoms with Crippen LogP contribution in [-0.2, 0) is 0 Å². The second-order valence-corrected chi connectivity index (χ2v) is 7.16. The molecular formula is C24H18F2N2O2. The first-order valence-electron chi connectivity index (χ1n) is 9.25. The predicted octanol–water partition coefficient (Wildman–Crippen LogP) is 5.61. The fourth-order valence-electron chi connectivity index (χ4n) is 3.37. The van der Waals surface area contributed by atoms with Gasteiger partial charge in [-0.3, -0.25) is 0 Å². The molecule has 0 saturated carbocycles. The lowest BCUT2D eigenvalue weighted by Gasteiger charge is -2.13. The Bertz CT molecular complexity index is 1270. The van der Waals surface area contributed by atoms with Crippen LogP contribution >= 0.6 is 0 Å². The molecule has 1 N–H and O–H groups in total. The SMILES string of the molecule is CN(C)c1ccc(-c2ccc(-c3cc(C(=O)O)c4cc(F)ccc4n3)cc2F)cc1. The number of rotatable bonds is 4. The van der Waals surface area contributed by atoms with E-state index in [-0.39, 0.29) is 10.9 Å². The summed E-state index contributed by atoms with van der Waals surface area (Å²) in [6.45, 7) is 0. The van der Waals surface area contributed by atoms with E-state index in [1.807, 2.05) is 43.3 Å². The summed E-state index contributed by atoms with van der Waals surface area (Å²) in [6, 6.07) is 17.3. The number of carbonyl (C=O) groups is 1. The number of hydrogen-bond acceptors (Lipinski definition) is 3. The van der Waals surface area contributed by atoms with Crippen LogP contribution in [0.2, 0.25) is 0 Å². The van der Waals surface area contributed by atoms with E-state index in [4.69, 9.17) is 0 Å². The quantitative estimate of drug-likeness (QED) is 0.480. The highest BCUT2D eigenvalue weighted by molar-refractivity contribution is 6.03. The van der Waals surface area contributed by atoms with Crippen LogP contribution in [0.15, 0.2) is 66.7 Å². The minimum absolute atomic E-state index is 0.0849. The van der Waals surface area contributed by atoms with Crippen LogP contribution in [0.1, 0.15) is 10.4 Å². The largest absolute Gasteiger partial charge is 0.478 e. The van der Waals surface area contributed by atoms with Gasteiger partial charge in [0, 0.05) is 36.3 Å². The molecule has 0 aliphatic rings. The third-order valence-corrected chi connectivity index (χ3v) is 4.96. The maximum Gasteiger partial charge on any atom is 0.336 e. The fourth-order valence-corrected chi connectivity index (χ4v) is 3.37. The Morgan fingerprint density at radius 3 is 2.23 bits per heavy atom. The molecule has 0 amide bonds. The molecule has 0 aliphatic carbocycles. The Morgan fingerprint density at radius 1 is 0.900 bits per heavy atom. The van der Waals surface area contributed by atoms with Crippen molar-refractivity contribution in [3.8, 4) is 22.4 Å². The zero-order valence-electron chi connectivity index (χ0n) is 16.4. The van der Waals surface area contributed by atoms with Gasteiger partial charge in [-0.15, -0.1) is 0 Å². The fraction of sp³-hybridized carbons (Fsp3) is 0.0833. The summed E-state index contributed by atoms with van der Waals surface area (Å²) in [5.74, 6) is -2.19. The van der Waals surface area contributed by atoms with Gasteiger partial charge in [-0.2, -0.15) is 0 Å². The van der Waals surface area contributed by atoms with E-state index in [2.05, 4.69) is 4.98 Å². The van der Waals surface area contributed by atoms with Crippen molar-refractivity contribution in [3.63, 3.8) is 0 Å². The van der Waals surface area contributed by atoms with Gasteiger partial charge in [-0.05, 0) is 48.0 Å². The summed E-state index contributed by atoms with van der Waals surface area (Å²) in [7, 11) is 3.86. The van der Waals surface area contributed by atoms with Crippen LogP contribution in [0.5, 0.6) is 0 Å². The number of halogens is 2. The molecule has 0 spiro atoms. The van der Waals surface area contributed by atoms with E-state index >= 15 is 0 Å². The van der Waals surface area contributed by atoms with Gasteiger partial charge in [0.25, 0.3) is 0 Å². The molecule has 4 rings (SSSR count). The van der Waals surface area contributed by atoms with Gasteiger partial charge in [0.1, 0.15) is 11.6 Å². The Morgan fingerprint density at radius 2 is 1.60 bits per heavy atom. The Hall–Kier alpha value is -3.80. The number of fused-ring (bicyclic) bond motifs is 1. The number of aromatic carboxylic acids is 1. The molecule has 6 heteroatoms. The Labute approximate surface area is 172 Å². The number of nitrogens with zero attached hydrogens (tertiary/aromatic N) is 2. The van der Waals surface area contributed by atoms with Crippen molar-refractivity contribution in [1.29, 1.82) is 0 Å². The third kappa shape index (κ3) is 3.59. The summed E-state index contributed by atoms with van der Waals surface area (Å²) < 4.78 is 28.5. The van der Waals surface area contributed by atoms with Crippen LogP contribution in [0.25, 0.3) is 33.3 Å². The molecule has 1 aromatic heterocycles. The molecule has 0 aliphatic heterocycles. The van der Waals surface area contributed by atoms with Crippen molar-refractivity contribution < 1.29 is 18.7 Å². The normalized spacial score (nSPS) is 10.9. The molecule has 1 heterocycles. The zero-order chi connectivity index (χ0) is 21.4. The van der Waals surface area contributed by atoms with Gasteiger partial charge in [0.2, 0.25) is 0 Å². The number of hydrogen-bond donors (Lipinski definition) is 1. The first-order chi connectivity index (χ1) is 14.3. The Balaban J connectivity index is 1.78. The molecule has 3 aromatic carbocycles. The number of pyridine rings is 1. The van der Waals surface area contributed by atoms with E-state index in [0.717, 1.165) is 17.3 Å². The highest BCUT2D eigenvalue weighted by Gasteiger charge is 2.15. The summed E-state index contributed by atoms with van der Waals surface area (Å²) in [5, 5.41) is 9.72. The van der Waals surface area contributed by atoms with Crippen LogP contribution < -0.4 is 4.90 Å². The lowest BCUT2D eigenvalue weighted by atomic mass is 9.99. The predicted molar refractivity (Wildman–Crippen MR) is 114 cm³/mol. The van der Waals surface area contributed by atoms with Crippen molar-refractivity contribution in [2.45, 2.75) is 0 Å². The van der Waals surface area contributed by atoms with Crippen molar-refractivity contribution in [3.05, 3.63) is 83.9 Å². The first-order valence-corrected chi connectivity index (χ1v) is 9.25. The molecule has 0 saturated heterocycles. The first kappa shape index (κ1) is 19.5. The summed E-state index contributed by atoms with van der Waals surface area (Å²) in [6.07, 6.45) is 0. The van der Waals surface area contributed by atoms with Crippen LogP contribution in [0, 0.1) is 11.6 Å². The maximum absolute atomic E-state index is 14.9. The van der Waals surface area contributed by atoms with E-state index < -0.39 is 17.6 Å². The number of carboxylic acid groups (broad SMARTS) is 1. The van der Waals surface area contributed by atoms with E-state index in [1.54, 1.807) is 12.1 Å². The molecule has 30 heavy (non-hydrogen) atoms. The van der Waals surface area contributed by atoms with Crippen LogP contribution in [-0.4, -0.2) is 30.2 Å². The molecule has 0 bridgehead atoms. The number of aromatic nitrogens is 1. The number of anilines is 1. The summed E-state index contributed by atoms with van der Waals surface area (Å²) in [5.41, 5.74) is 3.17. The second-order valence-electron chi connectivity index (χ2n) is 7.16. The maximum atomic E-state index is 14.9. The van der Waals surface area contributed by atoms with Gasteiger partial charge in [0.05, 0.1) is 16.8 Å². The summed E-state index contributed by atoms with van der Waals surface area (Å²) in [4.78, 5) is 18.0. The summed E-state index contributed by atoms with van der Waals surface area (Å²) >= 11 is 0. The van der Waals surface area contributed by atoms with E-state index in [0.29, 0.717) is 22.3 Å². The van der Waals surface area contributed by atoms with Crippen LogP contribution in [0.4, 0.5) is 14.5 Å². The molecule has 0 unspecified atom stereocenters. The molecule has 150 valence electrons. The minimum Gasteiger partial charge on any atom is -0.478 e.